The first-order chi connectivity index (χ1) is 7.95. The Hall–Kier alpha value is -1.24. The van der Waals surface area contributed by atoms with E-state index < -0.39 is 0 Å². The number of para-hydroxylation sites is 1. The van der Waals surface area contributed by atoms with E-state index in [4.69, 9.17) is 0 Å². The first-order valence-corrected chi connectivity index (χ1v) is 6.41. The van der Waals surface area contributed by atoms with Gasteiger partial charge in [0.25, 0.3) is 0 Å². The van der Waals surface area contributed by atoms with Crippen LogP contribution in [0.15, 0.2) is 42.5 Å². The molecule has 1 fully saturated rings. The summed E-state index contributed by atoms with van der Waals surface area (Å²) in [6.07, 6.45) is 11.7. The van der Waals surface area contributed by atoms with Crippen LogP contribution in [-0.4, -0.2) is 6.54 Å². The van der Waals surface area contributed by atoms with Gasteiger partial charge in [0.05, 0.1) is 0 Å². The van der Waals surface area contributed by atoms with E-state index >= 15 is 0 Å². The van der Waals surface area contributed by atoms with Gasteiger partial charge in [0.15, 0.2) is 0 Å². The third kappa shape index (κ3) is 3.73. The Kier molecular flexibility index (Phi) is 4.48. The zero-order chi connectivity index (χ0) is 11.1. The maximum absolute atomic E-state index is 3.40. The summed E-state index contributed by atoms with van der Waals surface area (Å²) in [5.41, 5.74) is 1.20. The van der Waals surface area contributed by atoms with Gasteiger partial charge in [-0.1, -0.05) is 49.6 Å². The smallest absolute Gasteiger partial charge is 0.0342 e. The van der Waals surface area contributed by atoms with E-state index in [2.05, 4.69) is 41.7 Å². The number of allylic oxidation sites excluding steroid dienone is 1. The average molecular weight is 215 g/mol. The molecule has 1 aliphatic rings. The summed E-state index contributed by atoms with van der Waals surface area (Å²) in [7, 11) is 0. The number of nitrogens with one attached hydrogen (secondary N) is 1. The maximum atomic E-state index is 3.40. The monoisotopic (exact) mass is 215 g/mol. The molecule has 0 bridgehead atoms. The predicted octanol–water partition coefficient (Wildman–Crippen LogP) is 4.24. The maximum Gasteiger partial charge on any atom is 0.0342 e. The highest BCUT2D eigenvalue weighted by Crippen LogP contribution is 2.24. The molecule has 16 heavy (non-hydrogen) atoms. The molecule has 1 saturated carbocycles. The van der Waals surface area contributed by atoms with Crippen molar-refractivity contribution in [1.82, 2.24) is 0 Å². The quantitative estimate of drug-likeness (QED) is 0.741. The van der Waals surface area contributed by atoms with Crippen molar-refractivity contribution >= 4 is 5.69 Å². The molecule has 0 heterocycles. The van der Waals surface area contributed by atoms with E-state index in [1.165, 1.54) is 37.8 Å². The van der Waals surface area contributed by atoms with Crippen LogP contribution in [-0.2, 0) is 0 Å². The van der Waals surface area contributed by atoms with Crippen molar-refractivity contribution in [2.24, 2.45) is 5.92 Å². The molecule has 0 radical (unpaired) electrons. The minimum Gasteiger partial charge on any atom is -0.382 e. The van der Waals surface area contributed by atoms with E-state index in [0.717, 1.165) is 12.5 Å². The van der Waals surface area contributed by atoms with Gasteiger partial charge in [-0.3, -0.25) is 0 Å². The van der Waals surface area contributed by atoms with Crippen LogP contribution in [0.4, 0.5) is 5.69 Å². The normalized spacial score (nSPS) is 17.8. The Morgan fingerprint density at radius 1 is 1.06 bits per heavy atom. The molecule has 0 spiro atoms. The van der Waals surface area contributed by atoms with Crippen LogP contribution in [0.2, 0.25) is 0 Å². The van der Waals surface area contributed by atoms with Crippen molar-refractivity contribution in [3.8, 4) is 0 Å². The zero-order valence-electron chi connectivity index (χ0n) is 9.86. The van der Waals surface area contributed by atoms with Crippen molar-refractivity contribution < 1.29 is 0 Å². The molecule has 1 aromatic carbocycles. The van der Waals surface area contributed by atoms with Crippen molar-refractivity contribution in [2.45, 2.75) is 32.1 Å². The third-order valence-corrected chi connectivity index (χ3v) is 3.26. The molecule has 0 aromatic heterocycles. The second kappa shape index (κ2) is 6.37. The zero-order valence-corrected chi connectivity index (χ0v) is 9.86. The van der Waals surface area contributed by atoms with Crippen LogP contribution in [0.25, 0.3) is 0 Å². The Bertz CT molecular complexity index is 309. The largest absolute Gasteiger partial charge is 0.382 e. The van der Waals surface area contributed by atoms with E-state index in [1.54, 1.807) is 0 Å². The highest BCUT2D eigenvalue weighted by molar-refractivity contribution is 5.42. The standard InChI is InChI=1S/C15H21N/c1-3-8-14(9-4-1)10-7-13-16-15-11-5-2-6-12-15/h2,5-7,10-12,14,16H,1,3-4,8-9,13H2/b10-7+. The van der Waals surface area contributed by atoms with Crippen molar-refractivity contribution in [1.29, 1.82) is 0 Å². The summed E-state index contributed by atoms with van der Waals surface area (Å²) in [6, 6.07) is 10.4. The van der Waals surface area contributed by atoms with Gasteiger partial charge < -0.3 is 5.32 Å². The number of hydrogen-bond donors (Lipinski definition) is 1. The Balaban J connectivity index is 1.69. The second-order valence-electron chi connectivity index (χ2n) is 4.57. The van der Waals surface area contributed by atoms with Crippen LogP contribution in [0.3, 0.4) is 0 Å². The fourth-order valence-corrected chi connectivity index (χ4v) is 2.32. The fraction of sp³-hybridized carbons (Fsp3) is 0.467. The lowest BCUT2D eigenvalue weighted by atomic mass is 9.89. The molecule has 1 nitrogen and oxygen atoms in total. The van der Waals surface area contributed by atoms with Gasteiger partial charge in [-0.15, -0.1) is 0 Å². The molecule has 1 N–H and O–H groups in total. The minimum absolute atomic E-state index is 0.839. The average Bonchev–Trinajstić information content (AvgIpc) is 2.37. The summed E-state index contributed by atoms with van der Waals surface area (Å²) in [4.78, 5) is 0. The topological polar surface area (TPSA) is 12.0 Å². The lowest BCUT2D eigenvalue weighted by molar-refractivity contribution is 0.419. The van der Waals surface area contributed by atoms with Crippen LogP contribution in [0, 0.1) is 5.92 Å². The van der Waals surface area contributed by atoms with Crippen LogP contribution in [0.1, 0.15) is 32.1 Å². The number of benzene rings is 1. The van der Waals surface area contributed by atoms with Gasteiger partial charge in [0, 0.05) is 12.2 Å². The third-order valence-electron chi connectivity index (χ3n) is 3.26. The predicted molar refractivity (Wildman–Crippen MR) is 70.6 cm³/mol. The number of hydrogen-bond acceptors (Lipinski definition) is 1. The molecule has 86 valence electrons. The first-order valence-electron chi connectivity index (χ1n) is 6.41. The molecule has 0 aliphatic heterocycles. The second-order valence-corrected chi connectivity index (χ2v) is 4.57. The molecule has 1 aromatic rings. The van der Waals surface area contributed by atoms with E-state index in [-0.39, 0.29) is 0 Å². The van der Waals surface area contributed by atoms with E-state index in [1.807, 2.05) is 6.07 Å². The number of anilines is 1. The number of rotatable bonds is 4. The highest BCUT2D eigenvalue weighted by atomic mass is 14.8. The Morgan fingerprint density at radius 2 is 1.81 bits per heavy atom. The molecular formula is C15H21N. The lowest BCUT2D eigenvalue weighted by Gasteiger charge is -2.17. The fourth-order valence-electron chi connectivity index (χ4n) is 2.32. The molecule has 0 saturated heterocycles. The van der Waals surface area contributed by atoms with Gasteiger partial charge in [0.2, 0.25) is 0 Å². The molecule has 2 rings (SSSR count). The molecule has 0 unspecified atom stereocenters. The summed E-state index contributed by atoms with van der Waals surface area (Å²) >= 11 is 0. The molecule has 1 aliphatic carbocycles. The SMILES string of the molecule is C(=C\C1CCCCC1)/CNc1ccccc1. The first kappa shape index (κ1) is 11.3. The van der Waals surface area contributed by atoms with Crippen LogP contribution in [0.5, 0.6) is 0 Å². The van der Waals surface area contributed by atoms with Gasteiger partial charge >= 0.3 is 0 Å². The van der Waals surface area contributed by atoms with E-state index in [9.17, 15) is 0 Å². The van der Waals surface area contributed by atoms with Gasteiger partial charge in [-0.25, -0.2) is 0 Å². The van der Waals surface area contributed by atoms with Crippen LogP contribution >= 0.6 is 0 Å². The van der Waals surface area contributed by atoms with Crippen molar-refractivity contribution in [3.63, 3.8) is 0 Å². The highest BCUT2D eigenvalue weighted by Gasteiger charge is 2.08. The summed E-state index contributed by atoms with van der Waals surface area (Å²) in [6.45, 7) is 0.945. The summed E-state index contributed by atoms with van der Waals surface area (Å²) in [5, 5.41) is 3.40. The Morgan fingerprint density at radius 3 is 2.56 bits per heavy atom. The lowest BCUT2D eigenvalue weighted by Crippen LogP contribution is -2.04. The van der Waals surface area contributed by atoms with Crippen LogP contribution < -0.4 is 5.32 Å². The molecule has 1 heteroatoms. The van der Waals surface area contributed by atoms with Crippen molar-refractivity contribution in [2.75, 3.05) is 11.9 Å². The van der Waals surface area contributed by atoms with Gasteiger partial charge in [0.1, 0.15) is 0 Å². The molecule has 0 amide bonds. The Labute approximate surface area is 98.6 Å². The summed E-state index contributed by atoms with van der Waals surface area (Å²) in [5.74, 6) is 0.839. The van der Waals surface area contributed by atoms with Gasteiger partial charge in [-0.2, -0.15) is 0 Å². The molecule has 0 atom stereocenters. The van der Waals surface area contributed by atoms with Crippen molar-refractivity contribution in [3.05, 3.63) is 42.5 Å². The molecular weight excluding hydrogens is 194 g/mol. The summed E-state index contributed by atoms with van der Waals surface area (Å²) < 4.78 is 0. The van der Waals surface area contributed by atoms with E-state index in [0.29, 0.717) is 0 Å². The van der Waals surface area contributed by atoms with Gasteiger partial charge in [-0.05, 0) is 30.9 Å². The minimum atomic E-state index is 0.839.